The van der Waals surface area contributed by atoms with Crippen molar-refractivity contribution >= 4 is 35.8 Å². The summed E-state index contributed by atoms with van der Waals surface area (Å²) in [4.78, 5) is 72.1. The van der Waals surface area contributed by atoms with E-state index in [1.807, 2.05) is 0 Å². The molecule has 0 aromatic heterocycles. The number of carboxylic acids is 1. The van der Waals surface area contributed by atoms with Crippen LogP contribution < -0.4 is 27.0 Å². The Kier molecular flexibility index (Phi) is 13.5. The Morgan fingerprint density at radius 3 is 1.17 bits per heavy atom. The number of carbonyl (C=O) groups excluding carboxylic acids is 5. The number of rotatable bonds is 10. The van der Waals surface area contributed by atoms with E-state index in [9.17, 15) is 33.9 Å². The van der Waals surface area contributed by atoms with E-state index in [0.717, 1.165) is 0 Å². The first-order valence-electron chi connectivity index (χ1n) is 13.1. The van der Waals surface area contributed by atoms with Crippen LogP contribution in [0.15, 0.2) is 0 Å². The second-order valence-corrected chi connectivity index (χ2v) is 13.2. The third kappa shape index (κ3) is 14.7. The molecular weight excluding hydrogens is 538 g/mol. The zero-order valence-corrected chi connectivity index (χ0v) is 27.0. The Labute approximate surface area is 243 Å². The van der Waals surface area contributed by atoms with Gasteiger partial charge in [0.15, 0.2) is 0 Å². The fraction of sp³-hybridized carbons (Fsp3) is 0.778. The number of hydrogen-bond acceptors (Lipinski definition) is 9. The second-order valence-electron chi connectivity index (χ2n) is 13.2. The van der Waals surface area contributed by atoms with Gasteiger partial charge in [-0.15, -0.1) is 0 Å². The minimum atomic E-state index is -1.54. The lowest BCUT2D eigenvalue weighted by molar-refractivity contribution is -0.148. The molecule has 0 fully saturated rings. The van der Waals surface area contributed by atoms with Crippen molar-refractivity contribution in [3.63, 3.8) is 0 Å². The minimum Gasteiger partial charge on any atom is -0.480 e. The largest absolute Gasteiger partial charge is 0.480 e. The number of nitrogens with one attached hydrogen (secondary N) is 4. The molecule has 0 saturated heterocycles. The average molecular weight is 590 g/mol. The predicted octanol–water partition coefficient (Wildman–Crippen LogP) is 1.35. The number of nitrogens with two attached hydrogens (primary N) is 1. The van der Waals surface area contributed by atoms with Crippen molar-refractivity contribution in [1.82, 2.24) is 21.3 Å². The monoisotopic (exact) mass is 589 g/mol. The minimum absolute atomic E-state index is 0.356. The number of carbonyl (C=O) groups is 6. The van der Waals surface area contributed by atoms with Crippen LogP contribution in [-0.4, -0.2) is 80.8 Å². The van der Waals surface area contributed by atoms with Crippen LogP contribution in [0, 0.1) is 0 Å². The Morgan fingerprint density at radius 1 is 0.610 bits per heavy atom. The van der Waals surface area contributed by atoms with Crippen LogP contribution in [0.25, 0.3) is 0 Å². The summed E-state index contributed by atoms with van der Waals surface area (Å²) < 4.78 is 9.80. The summed E-state index contributed by atoms with van der Waals surface area (Å²) in [6.45, 7) is 21.6. The van der Waals surface area contributed by atoms with E-state index < -0.39 is 63.1 Å². The smallest absolute Gasteiger partial charge is 0.408 e. The molecule has 14 nitrogen and oxygen atoms in total. The summed E-state index contributed by atoms with van der Waals surface area (Å²) in [6, 6.07) is 0. The van der Waals surface area contributed by atoms with Gasteiger partial charge in [0.05, 0.1) is 6.61 Å². The molecular formula is C27H51N5O9. The van der Waals surface area contributed by atoms with Crippen molar-refractivity contribution in [2.75, 3.05) is 6.61 Å². The zero-order valence-electron chi connectivity index (χ0n) is 27.0. The molecule has 0 heterocycles. The van der Waals surface area contributed by atoms with Crippen molar-refractivity contribution in [1.29, 1.82) is 0 Å². The first-order valence-corrected chi connectivity index (χ1v) is 13.1. The molecule has 7 N–H and O–H groups in total. The summed E-state index contributed by atoms with van der Waals surface area (Å²) in [7, 11) is 0. The summed E-state index contributed by atoms with van der Waals surface area (Å²) in [5.41, 5.74) is -2.10. The molecule has 0 aliphatic rings. The molecule has 238 valence electrons. The van der Waals surface area contributed by atoms with Crippen molar-refractivity contribution in [3.05, 3.63) is 0 Å². The van der Waals surface area contributed by atoms with Gasteiger partial charge in [-0.2, -0.15) is 0 Å². The van der Waals surface area contributed by atoms with Crippen LogP contribution in [-0.2, 0) is 33.4 Å². The lowest BCUT2D eigenvalue weighted by atomic mass is 9.95. The molecule has 0 aromatic carbocycles. The van der Waals surface area contributed by atoms with Gasteiger partial charge in [0, 0.05) is 0 Å². The Balaban J connectivity index is 0. The molecule has 0 rings (SSSR count). The normalized spacial score (nSPS) is 12.6. The standard InChI is InChI=1S/C21H38N4O7.C6H13NO2/c1-17(2,3)32-16(31)25-20(8,9)14(28)23-18(4,5)12(26)22-19(6,7)13(27)24-21(10,11)15(29)30;1-4-9-5(8)6(2,3)7/h1-11H3,(H,22,26)(H,23,28)(H,24,27)(H,25,31)(H,29,30);4,7H2,1-3H3. The Morgan fingerprint density at radius 2 is 0.927 bits per heavy atom. The maximum Gasteiger partial charge on any atom is 0.408 e. The van der Waals surface area contributed by atoms with Crippen LogP contribution in [0.2, 0.25) is 0 Å². The van der Waals surface area contributed by atoms with Gasteiger partial charge in [0.1, 0.15) is 33.3 Å². The van der Waals surface area contributed by atoms with Crippen LogP contribution in [0.1, 0.15) is 96.9 Å². The maximum absolute atomic E-state index is 12.8. The van der Waals surface area contributed by atoms with Gasteiger partial charge < -0.3 is 41.6 Å². The van der Waals surface area contributed by atoms with E-state index >= 15 is 0 Å². The molecule has 14 heteroatoms. The first-order chi connectivity index (χ1) is 17.9. The summed E-state index contributed by atoms with van der Waals surface area (Å²) in [5.74, 6) is -3.65. The number of aliphatic carboxylic acids is 1. The van der Waals surface area contributed by atoms with E-state index in [0.29, 0.717) is 6.61 Å². The van der Waals surface area contributed by atoms with E-state index in [-0.39, 0.29) is 5.97 Å². The van der Waals surface area contributed by atoms with E-state index in [4.69, 9.17) is 10.5 Å². The number of esters is 1. The van der Waals surface area contributed by atoms with Gasteiger partial charge in [-0.3, -0.25) is 19.2 Å². The highest BCUT2D eigenvalue weighted by Crippen LogP contribution is 2.14. The summed E-state index contributed by atoms with van der Waals surface area (Å²) >= 11 is 0. The Bertz CT molecular complexity index is 988. The number of carboxylic acid groups (broad SMARTS) is 1. The van der Waals surface area contributed by atoms with E-state index in [1.54, 1.807) is 41.5 Å². The van der Waals surface area contributed by atoms with Crippen molar-refractivity contribution in [2.45, 2.75) is 130 Å². The number of alkyl carbamates (subject to hydrolysis) is 1. The highest BCUT2D eigenvalue weighted by molar-refractivity contribution is 5.99. The van der Waals surface area contributed by atoms with Gasteiger partial charge >= 0.3 is 18.0 Å². The molecule has 0 bridgehead atoms. The fourth-order valence-corrected chi connectivity index (χ4v) is 2.42. The van der Waals surface area contributed by atoms with Crippen molar-refractivity contribution < 1.29 is 43.3 Å². The number of ether oxygens (including phenoxy) is 2. The molecule has 0 atom stereocenters. The summed E-state index contributed by atoms with van der Waals surface area (Å²) in [5, 5.41) is 19.0. The molecule has 0 aliphatic heterocycles. The molecule has 0 aliphatic carbocycles. The first kappa shape index (κ1) is 39.7. The predicted molar refractivity (Wildman–Crippen MR) is 153 cm³/mol. The lowest BCUT2D eigenvalue weighted by Gasteiger charge is -2.35. The zero-order chi connectivity index (χ0) is 33.4. The number of amides is 4. The SMILES string of the molecule is CC(C)(C)OC(=O)NC(C)(C)C(=O)NC(C)(C)C(=O)NC(C)(C)C(=O)NC(C)(C)C(=O)O.CCOC(=O)C(C)(C)N. The fourth-order valence-electron chi connectivity index (χ4n) is 2.42. The molecule has 0 saturated carbocycles. The van der Waals surface area contributed by atoms with Crippen LogP contribution in [0.5, 0.6) is 0 Å². The van der Waals surface area contributed by atoms with Crippen molar-refractivity contribution in [3.8, 4) is 0 Å². The molecule has 41 heavy (non-hydrogen) atoms. The molecule has 0 radical (unpaired) electrons. The van der Waals surface area contributed by atoms with Gasteiger partial charge in [-0.05, 0) is 96.9 Å². The molecule has 0 unspecified atom stereocenters. The van der Waals surface area contributed by atoms with Crippen LogP contribution >= 0.6 is 0 Å². The van der Waals surface area contributed by atoms with Gasteiger partial charge in [-0.1, -0.05) is 0 Å². The van der Waals surface area contributed by atoms with Crippen molar-refractivity contribution in [2.24, 2.45) is 5.73 Å². The molecule has 0 spiro atoms. The second kappa shape index (κ2) is 14.0. The lowest BCUT2D eigenvalue weighted by Crippen LogP contribution is -2.67. The average Bonchev–Trinajstić information content (AvgIpc) is 2.70. The third-order valence-electron chi connectivity index (χ3n) is 5.13. The third-order valence-corrected chi connectivity index (χ3v) is 5.13. The molecule has 4 amide bonds. The Hall–Kier alpha value is -3.42. The quantitative estimate of drug-likeness (QED) is 0.201. The van der Waals surface area contributed by atoms with Crippen LogP contribution in [0.4, 0.5) is 4.79 Å². The highest BCUT2D eigenvalue weighted by atomic mass is 16.6. The summed E-state index contributed by atoms with van der Waals surface area (Å²) in [6.07, 6.45) is -0.793. The topological polar surface area (TPSA) is 215 Å². The van der Waals surface area contributed by atoms with Gasteiger partial charge in [0.2, 0.25) is 17.7 Å². The number of hydrogen-bond donors (Lipinski definition) is 6. The van der Waals surface area contributed by atoms with E-state index in [1.165, 1.54) is 55.4 Å². The molecule has 0 aromatic rings. The van der Waals surface area contributed by atoms with Gasteiger partial charge in [-0.25, -0.2) is 9.59 Å². The van der Waals surface area contributed by atoms with Crippen LogP contribution in [0.3, 0.4) is 0 Å². The van der Waals surface area contributed by atoms with E-state index in [2.05, 4.69) is 26.0 Å². The van der Waals surface area contributed by atoms with Gasteiger partial charge in [0.25, 0.3) is 0 Å². The highest BCUT2D eigenvalue weighted by Gasteiger charge is 2.42. The maximum atomic E-state index is 12.8.